The highest BCUT2D eigenvalue weighted by atomic mass is 14.4. The van der Waals surface area contributed by atoms with Gasteiger partial charge in [0, 0.05) is 0 Å². The second-order valence-electron chi connectivity index (χ2n) is 2.72. The second kappa shape index (κ2) is 1.02. The number of allylic oxidation sites excluding steroid dienone is 1. The highest BCUT2D eigenvalue weighted by molar-refractivity contribution is 5.27. The van der Waals surface area contributed by atoms with Crippen molar-refractivity contribution >= 4 is 0 Å². The van der Waals surface area contributed by atoms with Crippen molar-refractivity contribution in [3.8, 4) is 0 Å². The van der Waals surface area contributed by atoms with Gasteiger partial charge in [-0.05, 0) is 17.4 Å². The van der Waals surface area contributed by atoms with Crippen LogP contribution in [0.1, 0.15) is 20.3 Å². The predicted molar refractivity (Wildman–Crippen MR) is 31.1 cm³/mol. The first-order chi connectivity index (χ1) is 3.17. The molecule has 0 radical (unpaired) electrons. The fourth-order valence-electron chi connectivity index (χ4n) is 0.700. The lowest BCUT2D eigenvalue weighted by molar-refractivity contribution is 0.687. The SMILES string of the molecule is C=C=C1CC1(C)C. The normalized spacial score (nSPS) is 24.0. The molecule has 0 N–H and O–H groups in total. The smallest absolute Gasteiger partial charge is 0.00253 e. The standard InChI is InChI=1S/C7H10/c1-4-6-5-7(6,2)3/h1,5H2,2-3H3. The zero-order chi connectivity index (χ0) is 5.49. The molecule has 0 amide bonds. The van der Waals surface area contributed by atoms with Gasteiger partial charge in [-0.15, -0.1) is 5.73 Å². The lowest BCUT2D eigenvalue weighted by Crippen LogP contribution is -1.77. The summed E-state index contributed by atoms with van der Waals surface area (Å²) in [5.74, 6) is 0. The quantitative estimate of drug-likeness (QED) is 0.403. The highest BCUT2D eigenvalue weighted by Gasteiger charge is 2.38. The van der Waals surface area contributed by atoms with Crippen molar-refractivity contribution in [2.75, 3.05) is 0 Å². The largest absolute Gasteiger partial charge is 0.129 e. The summed E-state index contributed by atoms with van der Waals surface area (Å²) in [6.45, 7) is 7.97. The molecule has 0 atom stereocenters. The Hall–Kier alpha value is -0.480. The zero-order valence-electron chi connectivity index (χ0n) is 4.91. The maximum absolute atomic E-state index is 3.56. The first-order valence-electron chi connectivity index (χ1n) is 2.56. The summed E-state index contributed by atoms with van der Waals surface area (Å²) in [6.07, 6.45) is 1.20. The molecular weight excluding hydrogens is 84.1 g/mol. The van der Waals surface area contributed by atoms with Crippen LogP contribution < -0.4 is 0 Å². The summed E-state index contributed by atoms with van der Waals surface area (Å²) in [7, 11) is 0. The van der Waals surface area contributed by atoms with Crippen LogP contribution in [0.15, 0.2) is 17.9 Å². The van der Waals surface area contributed by atoms with E-state index in [2.05, 4.69) is 26.2 Å². The van der Waals surface area contributed by atoms with Gasteiger partial charge < -0.3 is 0 Å². The average Bonchev–Trinajstić information content (AvgIpc) is 2.13. The molecule has 0 aromatic heterocycles. The van der Waals surface area contributed by atoms with E-state index in [0.717, 1.165) is 0 Å². The number of hydrogen-bond donors (Lipinski definition) is 0. The van der Waals surface area contributed by atoms with Crippen LogP contribution in [0.3, 0.4) is 0 Å². The third-order valence-corrected chi connectivity index (χ3v) is 1.52. The topological polar surface area (TPSA) is 0 Å². The van der Waals surface area contributed by atoms with Crippen LogP contribution in [0.5, 0.6) is 0 Å². The highest BCUT2D eigenvalue weighted by Crippen LogP contribution is 2.49. The van der Waals surface area contributed by atoms with Gasteiger partial charge in [0.05, 0.1) is 0 Å². The summed E-state index contributed by atoms with van der Waals surface area (Å²) in [4.78, 5) is 0. The van der Waals surface area contributed by atoms with E-state index in [1.54, 1.807) is 0 Å². The van der Waals surface area contributed by atoms with Crippen molar-refractivity contribution in [2.45, 2.75) is 20.3 Å². The van der Waals surface area contributed by atoms with Crippen LogP contribution in [0.25, 0.3) is 0 Å². The molecule has 1 rings (SSSR count). The van der Waals surface area contributed by atoms with Gasteiger partial charge in [0.1, 0.15) is 0 Å². The Morgan fingerprint density at radius 1 is 1.71 bits per heavy atom. The van der Waals surface area contributed by atoms with Gasteiger partial charge in [-0.1, -0.05) is 20.4 Å². The minimum Gasteiger partial charge on any atom is -0.129 e. The zero-order valence-corrected chi connectivity index (χ0v) is 4.91. The van der Waals surface area contributed by atoms with Gasteiger partial charge in [-0.25, -0.2) is 0 Å². The molecule has 0 bridgehead atoms. The first kappa shape index (κ1) is 4.67. The van der Waals surface area contributed by atoms with Gasteiger partial charge in [0.2, 0.25) is 0 Å². The van der Waals surface area contributed by atoms with Crippen molar-refractivity contribution in [2.24, 2.45) is 5.41 Å². The van der Waals surface area contributed by atoms with Gasteiger partial charge >= 0.3 is 0 Å². The summed E-state index contributed by atoms with van der Waals surface area (Å²) in [6, 6.07) is 0. The Morgan fingerprint density at radius 2 is 2.14 bits per heavy atom. The fourth-order valence-corrected chi connectivity index (χ4v) is 0.700. The lowest BCUT2D eigenvalue weighted by atomic mass is 10.2. The van der Waals surface area contributed by atoms with Crippen LogP contribution in [-0.2, 0) is 0 Å². The monoisotopic (exact) mass is 94.1 g/mol. The number of rotatable bonds is 0. The molecular formula is C7H10. The molecule has 0 heterocycles. The van der Waals surface area contributed by atoms with E-state index in [4.69, 9.17) is 0 Å². The van der Waals surface area contributed by atoms with Gasteiger partial charge in [0.15, 0.2) is 0 Å². The molecule has 1 fully saturated rings. The van der Waals surface area contributed by atoms with Crippen molar-refractivity contribution in [3.05, 3.63) is 17.9 Å². The maximum atomic E-state index is 3.56. The summed E-state index contributed by atoms with van der Waals surface area (Å²) in [5.41, 5.74) is 4.74. The van der Waals surface area contributed by atoms with Crippen LogP contribution >= 0.6 is 0 Å². The Balaban J connectivity index is 2.79. The van der Waals surface area contributed by atoms with Crippen molar-refractivity contribution in [1.29, 1.82) is 0 Å². The lowest BCUT2D eigenvalue weighted by Gasteiger charge is -1.87. The van der Waals surface area contributed by atoms with Crippen LogP contribution in [-0.4, -0.2) is 0 Å². The molecule has 0 nitrogen and oxygen atoms in total. The minimum absolute atomic E-state index is 0.460. The van der Waals surface area contributed by atoms with Crippen LogP contribution in [0, 0.1) is 5.41 Å². The molecule has 1 aliphatic rings. The fraction of sp³-hybridized carbons (Fsp3) is 0.571. The molecule has 0 aromatic rings. The summed E-state index contributed by atoms with van der Waals surface area (Å²) < 4.78 is 0. The average molecular weight is 94.2 g/mol. The maximum Gasteiger partial charge on any atom is -0.00253 e. The third-order valence-electron chi connectivity index (χ3n) is 1.52. The van der Waals surface area contributed by atoms with E-state index in [1.165, 1.54) is 12.0 Å². The van der Waals surface area contributed by atoms with Gasteiger partial charge in [-0.2, -0.15) is 0 Å². The first-order valence-corrected chi connectivity index (χ1v) is 2.56. The molecule has 0 unspecified atom stereocenters. The minimum atomic E-state index is 0.460. The molecule has 1 saturated carbocycles. The molecule has 7 heavy (non-hydrogen) atoms. The van der Waals surface area contributed by atoms with E-state index in [1.807, 2.05) is 0 Å². The van der Waals surface area contributed by atoms with E-state index in [-0.39, 0.29) is 0 Å². The molecule has 0 saturated heterocycles. The Kier molecular flexibility index (Phi) is 0.680. The second-order valence-corrected chi connectivity index (χ2v) is 2.72. The molecule has 0 spiro atoms. The predicted octanol–water partition coefficient (Wildman–Crippen LogP) is 2.13. The molecule has 0 aromatic carbocycles. The van der Waals surface area contributed by atoms with E-state index < -0.39 is 0 Å². The van der Waals surface area contributed by atoms with E-state index >= 15 is 0 Å². The third kappa shape index (κ3) is 0.618. The van der Waals surface area contributed by atoms with Crippen LogP contribution in [0.2, 0.25) is 0 Å². The van der Waals surface area contributed by atoms with Crippen molar-refractivity contribution in [3.63, 3.8) is 0 Å². The molecule has 38 valence electrons. The molecule has 1 aliphatic carbocycles. The number of hydrogen-bond acceptors (Lipinski definition) is 0. The summed E-state index contributed by atoms with van der Waals surface area (Å²) in [5, 5.41) is 0. The molecule has 0 heteroatoms. The van der Waals surface area contributed by atoms with Gasteiger partial charge in [-0.3, -0.25) is 0 Å². The Morgan fingerprint density at radius 3 is 2.14 bits per heavy atom. The van der Waals surface area contributed by atoms with E-state index in [9.17, 15) is 0 Å². The van der Waals surface area contributed by atoms with Gasteiger partial charge in [0.25, 0.3) is 0 Å². The van der Waals surface area contributed by atoms with Crippen molar-refractivity contribution in [1.82, 2.24) is 0 Å². The Bertz CT molecular complexity index is 134. The van der Waals surface area contributed by atoms with E-state index in [0.29, 0.717) is 5.41 Å². The summed E-state index contributed by atoms with van der Waals surface area (Å²) >= 11 is 0. The van der Waals surface area contributed by atoms with Crippen LogP contribution in [0.4, 0.5) is 0 Å². The van der Waals surface area contributed by atoms with Crippen molar-refractivity contribution < 1.29 is 0 Å². The Labute approximate surface area is 44.5 Å². The molecule has 0 aliphatic heterocycles.